The summed E-state index contributed by atoms with van der Waals surface area (Å²) in [6.45, 7) is 8.48. The van der Waals surface area contributed by atoms with E-state index < -0.39 is 11.6 Å². The Hall–Kier alpha value is -4.52. The number of halogens is 2. The van der Waals surface area contributed by atoms with Crippen LogP contribution >= 0.6 is 11.3 Å². The van der Waals surface area contributed by atoms with Gasteiger partial charge in [-0.25, -0.2) is 13.8 Å². The van der Waals surface area contributed by atoms with Gasteiger partial charge in [-0.3, -0.25) is 14.5 Å². The zero-order valence-corrected chi connectivity index (χ0v) is 27.2. The van der Waals surface area contributed by atoms with E-state index in [2.05, 4.69) is 24.6 Å². The van der Waals surface area contributed by atoms with Gasteiger partial charge in [0, 0.05) is 77.9 Å². The van der Waals surface area contributed by atoms with Gasteiger partial charge in [0.15, 0.2) is 0 Å². The standard InChI is InChI=1S/C35H34F2N6O3S/c1-5-30(44)42-19-24-15-28(40-43(24)17-20(42)2)34-32(31-26(37)13-23(36)14-29(31)46-10-9-45-4)35-25(7-11-47-35)33(39-34)21-12-22-18-41(3)8-6-27(22)38-16-21/h5,7,11-16,20H,1,6,8-10,17-19H2,2-4H3/t20-/m1/s1. The van der Waals surface area contributed by atoms with Crippen LogP contribution in [0.5, 0.6) is 5.75 Å². The van der Waals surface area contributed by atoms with Crippen LogP contribution in [-0.2, 0) is 35.6 Å². The maximum Gasteiger partial charge on any atom is 0.246 e. The molecular formula is C35H34F2N6O3S. The summed E-state index contributed by atoms with van der Waals surface area (Å²) in [4.78, 5) is 26.7. The van der Waals surface area contributed by atoms with E-state index in [1.54, 1.807) is 4.90 Å². The van der Waals surface area contributed by atoms with Gasteiger partial charge in [0.2, 0.25) is 5.91 Å². The van der Waals surface area contributed by atoms with E-state index in [0.717, 1.165) is 58.2 Å². The zero-order valence-electron chi connectivity index (χ0n) is 26.4. The Morgan fingerprint density at radius 2 is 2.00 bits per heavy atom. The molecule has 12 heteroatoms. The number of amides is 1. The van der Waals surface area contributed by atoms with Crippen LogP contribution in [-0.4, -0.2) is 75.4 Å². The highest BCUT2D eigenvalue weighted by atomic mass is 32.1. The molecular weight excluding hydrogens is 622 g/mol. The largest absolute Gasteiger partial charge is 0.490 e. The molecule has 5 aromatic rings. The van der Waals surface area contributed by atoms with E-state index in [0.29, 0.717) is 35.7 Å². The van der Waals surface area contributed by atoms with Crippen molar-refractivity contribution in [3.8, 4) is 39.5 Å². The lowest BCUT2D eigenvalue weighted by atomic mass is 9.96. The Kier molecular flexibility index (Phi) is 8.33. The maximum absolute atomic E-state index is 16.1. The number of methoxy groups -OCH3 is 1. The lowest BCUT2D eigenvalue weighted by Crippen LogP contribution is -2.44. The van der Waals surface area contributed by atoms with Gasteiger partial charge in [-0.1, -0.05) is 6.58 Å². The average Bonchev–Trinajstić information content (AvgIpc) is 3.71. The molecule has 1 amide bonds. The Bertz CT molecular complexity index is 2020. The summed E-state index contributed by atoms with van der Waals surface area (Å²) in [6, 6.07) is 7.92. The average molecular weight is 657 g/mol. The lowest BCUT2D eigenvalue weighted by Gasteiger charge is -2.33. The Labute approximate surface area is 275 Å². The molecule has 4 aromatic heterocycles. The van der Waals surface area contributed by atoms with Crippen molar-refractivity contribution in [2.75, 3.05) is 33.9 Å². The van der Waals surface area contributed by atoms with Crippen molar-refractivity contribution < 1.29 is 23.0 Å². The van der Waals surface area contributed by atoms with Gasteiger partial charge in [-0.2, -0.15) is 5.10 Å². The molecule has 242 valence electrons. The van der Waals surface area contributed by atoms with Crippen LogP contribution in [0.4, 0.5) is 8.78 Å². The molecule has 0 saturated heterocycles. The fraction of sp³-hybridized carbons (Fsp3) is 0.314. The van der Waals surface area contributed by atoms with Crippen molar-refractivity contribution in [1.29, 1.82) is 0 Å². The minimum atomic E-state index is -0.776. The monoisotopic (exact) mass is 656 g/mol. The van der Waals surface area contributed by atoms with Gasteiger partial charge in [0.1, 0.15) is 35.4 Å². The summed E-state index contributed by atoms with van der Waals surface area (Å²) >= 11 is 1.44. The molecule has 2 aliphatic rings. The third-order valence-corrected chi connectivity index (χ3v) is 9.72. The molecule has 6 heterocycles. The van der Waals surface area contributed by atoms with Crippen LogP contribution in [0, 0.1) is 11.6 Å². The first kappa shape index (κ1) is 31.1. The number of ether oxygens (including phenoxy) is 2. The van der Waals surface area contributed by atoms with Gasteiger partial charge >= 0.3 is 0 Å². The minimum absolute atomic E-state index is 0.0453. The van der Waals surface area contributed by atoms with Crippen LogP contribution in [0.2, 0.25) is 0 Å². The van der Waals surface area contributed by atoms with E-state index in [1.165, 1.54) is 30.6 Å². The molecule has 9 nitrogen and oxygen atoms in total. The first-order chi connectivity index (χ1) is 22.7. The molecule has 0 fully saturated rings. The van der Waals surface area contributed by atoms with Gasteiger partial charge < -0.3 is 19.3 Å². The van der Waals surface area contributed by atoms with Crippen molar-refractivity contribution in [2.24, 2.45) is 0 Å². The summed E-state index contributed by atoms with van der Waals surface area (Å²) in [5, 5.41) is 7.70. The van der Waals surface area contributed by atoms with E-state index in [-0.39, 0.29) is 36.5 Å². The molecule has 0 spiro atoms. The van der Waals surface area contributed by atoms with Crippen molar-refractivity contribution >= 4 is 27.3 Å². The van der Waals surface area contributed by atoms with Crippen molar-refractivity contribution in [3.05, 3.63) is 83.1 Å². The van der Waals surface area contributed by atoms with E-state index in [1.807, 2.05) is 35.3 Å². The number of hydrogen-bond donors (Lipinski definition) is 0. The molecule has 2 aliphatic heterocycles. The summed E-state index contributed by atoms with van der Waals surface area (Å²) in [7, 11) is 3.62. The van der Waals surface area contributed by atoms with Crippen molar-refractivity contribution in [1.82, 2.24) is 29.5 Å². The molecule has 1 aromatic carbocycles. The van der Waals surface area contributed by atoms with Crippen molar-refractivity contribution in [2.45, 2.75) is 39.0 Å². The van der Waals surface area contributed by atoms with Crippen LogP contribution in [0.1, 0.15) is 23.9 Å². The quantitative estimate of drug-likeness (QED) is 0.148. The molecule has 0 radical (unpaired) electrons. The van der Waals surface area contributed by atoms with E-state index in [4.69, 9.17) is 24.5 Å². The Balaban J connectivity index is 1.47. The first-order valence-electron chi connectivity index (χ1n) is 15.4. The highest BCUT2D eigenvalue weighted by molar-refractivity contribution is 7.18. The fourth-order valence-corrected chi connectivity index (χ4v) is 7.40. The van der Waals surface area contributed by atoms with Gasteiger partial charge in [0.25, 0.3) is 0 Å². The number of carbonyl (C=O) groups is 1. The summed E-state index contributed by atoms with van der Waals surface area (Å²) < 4.78 is 44.4. The predicted octanol–water partition coefficient (Wildman–Crippen LogP) is 6.10. The number of benzene rings is 1. The molecule has 47 heavy (non-hydrogen) atoms. The van der Waals surface area contributed by atoms with Crippen LogP contribution in [0.25, 0.3) is 43.9 Å². The van der Waals surface area contributed by atoms with Crippen LogP contribution < -0.4 is 4.74 Å². The minimum Gasteiger partial charge on any atom is -0.490 e. The third-order valence-electron chi connectivity index (χ3n) is 8.79. The normalized spacial score (nSPS) is 16.3. The fourth-order valence-electron chi connectivity index (χ4n) is 6.45. The highest BCUT2D eigenvalue weighted by Gasteiger charge is 2.31. The number of carbonyl (C=O) groups excluding carboxylic acids is 1. The Morgan fingerprint density at radius 1 is 1.15 bits per heavy atom. The topological polar surface area (TPSA) is 85.6 Å². The zero-order chi connectivity index (χ0) is 32.8. The lowest BCUT2D eigenvalue weighted by molar-refractivity contribution is -0.129. The second-order valence-electron chi connectivity index (χ2n) is 12.0. The third kappa shape index (κ3) is 5.70. The number of pyridine rings is 2. The predicted molar refractivity (Wildman–Crippen MR) is 177 cm³/mol. The summed E-state index contributed by atoms with van der Waals surface area (Å²) in [6.07, 6.45) is 4.04. The number of nitrogens with zero attached hydrogens (tertiary/aromatic N) is 6. The highest BCUT2D eigenvalue weighted by Crippen LogP contribution is 2.47. The molecule has 0 unspecified atom stereocenters. The SMILES string of the molecule is C=CC(=O)N1Cc2cc(-c3nc(-c4cnc5c(c4)CN(C)CC5)c4ccsc4c3-c3c(F)cc(F)cc3OCCOC)nn2C[C@H]1C. The number of aromatic nitrogens is 4. The molecule has 1 atom stereocenters. The first-order valence-corrected chi connectivity index (χ1v) is 16.3. The summed E-state index contributed by atoms with van der Waals surface area (Å²) in [5.74, 6) is -1.65. The van der Waals surface area contributed by atoms with Gasteiger partial charge in [-0.05, 0) is 49.2 Å². The molecule has 0 N–H and O–H groups in total. The van der Waals surface area contributed by atoms with Gasteiger partial charge in [0.05, 0.1) is 36.6 Å². The number of thiophene rings is 1. The second kappa shape index (κ2) is 12.6. The number of fused-ring (bicyclic) bond motifs is 3. The second-order valence-corrected chi connectivity index (χ2v) is 12.9. The van der Waals surface area contributed by atoms with Crippen LogP contribution in [0.15, 0.2) is 54.6 Å². The van der Waals surface area contributed by atoms with E-state index in [9.17, 15) is 9.18 Å². The molecule has 0 saturated carbocycles. The Morgan fingerprint density at radius 3 is 2.81 bits per heavy atom. The smallest absolute Gasteiger partial charge is 0.246 e. The van der Waals surface area contributed by atoms with Crippen LogP contribution in [0.3, 0.4) is 0 Å². The number of rotatable bonds is 8. The van der Waals surface area contributed by atoms with Crippen molar-refractivity contribution in [3.63, 3.8) is 0 Å². The van der Waals surface area contributed by atoms with E-state index >= 15 is 4.39 Å². The van der Waals surface area contributed by atoms with Gasteiger partial charge in [-0.15, -0.1) is 11.3 Å². The maximum atomic E-state index is 16.1. The molecule has 7 rings (SSSR count). The number of hydrogen-bond acceptors (Lipinski definition) is 8. The molecule has 0 aliphatic carbocycles. The number of likely N-dealkylation sites (N-methyl/N-ethyl adjacent to an activating group) is 1. The summed E-state index contributed by atoms with van der Waals surface area (Å²) in [5.41, 5.74) is 6.03. The molecule has 0 bridgehead atoms.